The van der Waals surface area contributed by atoms with Gasteiger partial charge in [-0.1, -0.05) is 13.3 Å². The van der Waals surface area contributed by atoms with Crippen molar-refractivity contribution < 1.29 is 27.5 Å². The summed E-state index contributed by atoms with van der Waals surface area (Å²) >= 11 is 0. The standard InChI is InChI=1S/C18H15F3N2O3/c1-2-3-14(24)16(25)12-9-22-7-6-11(12)17-23-13-8-10(18(19,20)21)4-5-15(13)26-17/h4-9,14,24H,2-3H2,1H3/t14-/m0/s1. The van der Waals surface area contributed by atoms with Crippen molar-refractivity contribution in [3.8, 4) is 11.5 Å². The molecule has 0 bridgehead atoms. The van der Waals surface area contributed by atoms with Gasteiger partial charge in [-0.15, -0.1) is 0 Å². The highest BCUT2D eigenvalue weighted by molar-refractivity contribution is 6.04. The lowest BCUT2D eigenvalue weighted by atomic mass is 10.00. The van der Waals surface area contributed by atoms with Gasteiger partial charge in [0.1, 0.15) is 11.6 Å². The Morgan fingerprint density at radius 1 is 1.31 bits per heavy atom. The fourth-order valence-corrected chi connectivity index (χ4v) is 2.58. The average Bonchev–Trinajstić information content (AvgIpc) is 3.03. The van der Waals surface area contributed by atoms with E-state index >= 15 is 0 Å². The van der Waals surface area contributed by atoms with E-state index in [1.165, 1.54) is 24.5 Å². The molecule has 2 aromatic heterocycles. The Labute approximate surface area is 146 Å². The molecule has 0 unspecified atom stereocenters. The first-order valence-electron chi connectivity index (χ1n) is 7.95. The van der Waals surface area contributed by atoms with Gasteiger partial charge in [0.25, 0.3) is 0 Å². The molecule has 0 aliphatic carbocycles. The zero-order chi connectivity index (χ0) is 18.9. The van der Waals surface area contributed by atoms with Crippen molar-refractivity contribution in [2.75, 3.05) is 0 Å². The van der Waals surface area contributed by atoms with Gasteiger partial charge in [0.15, 0.2) is 11.4 Å². The minimum Gasteiger partial charge on any atom is -0.436 e. The number of nitrogens with zero attached hydrogens (tertiary/aromatic N) is 2. The molecule has 1 aromatic carbocycles. The van der Waals surface area contributed by atoms with E-state index in [0.717, 1.165) is 12.1 Å². The number of hydrogen-bond acceptors (Lipinski definition) is 5. The molecule has 3 rings (SSSR count). The second-order valence-corrected chi connectivity index (χ2v) is 5.79. The molecule has 1 atom stereocenters. The van der Waals surface area contributed by atoms with Gasteiger partial charge < -0.3 is 9.52 Å². The van der Waals surface area contributed by atoms with E-state index in [1.807, 2.05) is 6.92 Å². The summed E-state index contributed by atoms with van der Waals surface area (Å²) in [5.74, 6) is -0.540. The van der Waals surface area contributed by atoms with Gasteiger partial charge in [0, 0.05) is 12.4 Å². The number of Topliss-reactive ketones (excluding diaryl/α,β-unsaturated/α-hetero) is 1. The Bertz CT molecular complexity index is 950. The van der Waals surface area contributed by atoms with Crippen LogP contribution in [0, 0.1) is 0 Å². The summed E-state index contributed by atoms with van der Waals surface area (Å²) in [6.45, 7) is 1.83. The Hall–Kier alpha value is -2.74. The number of aliphatic hydroxyl groups is 1. The van der Waals surface area contributed by atoms with Crippen LogP contribution in [0.25, 0.3) is 22.6 Å². The van der Waals surface area contributed by atoms with E-state index in [2.05, 4.69) is 9.97 Å². The Balaban J connectivity index is 2.06. The number of aliphatic hydroxyl groups excluding tert-OH is 1. The number of benzene rings is 1. The number of hydrogen-bond donors (Lipinski definition) is 1. The highest BCUT2D eigenvalue weighted by atomic mass is 19.4. The molecule has 0 aliphatic heterocycles. The SMILES string of the molecule is CCC[C@H](O)C(=O)c1cnccc1-c1nc2cc(C(F)(F)F)ccc2o1. The quantitative estimate of drug-likeness (QED) is 0.685. The van der Waals surface area contributed by atoms with E-state index < -0.39 is 23.6 Å². The molecule has 0 fully saturated rings. The molecule has 2 heterocycles. The zero-order valence-electron chi connectivity index (χ0n) is 13.7. The van der Waals surface area contributed by atoms with Crippen LogP contribution >= 0.6 is 0 Å². The second kappa shape index (κ2) is 6.87. The first-order valence-corrected chi connectivity index (χ1v) is 7.95. The zero-order valence-corrected chi connectivity index (χ0v) is 13.7. The van der Waals surface area contributed by atoms with Crippen LogP contribution < -0.4 is 0 Å². The van der Waals surface area contributed by atoms with Crippen LogP contribution in [0.15, 0.2) is 41.1 Å². The van der Waals surface area contributed by atoms with Crippen molar-refractivity contribution in [2.45, 2.75) is 32.0 Å². The fourth-order valence-electron chi connectivity index (χ4n) is 2.58. The van der Waals surface area contributed by atoms with Crippen molar-refractivity contribution in [2.24, 2.45) is 0 Å². The van der Waals surface area contributed by atoms with Crippen molar-refractivity contribution in [1.29, 1.82) is 0 Å². The first kappa shape index (κ1) is 18.1. The van der Waals surface area contributed by atoms with Crippen LogP contribution in [-0.2, 0) is 6.18 Å². The molecule has 0 saturated heterocycles. The third kappa shape index (κ3) is 3.45. The van der Waals surface area contributed by atoms with Gasteiger partial charge in [0.05, 0.1) is 16.7 Å². The molecule has 0 aliphatic rings. The number of rotatable bonds is 5. The molecule has 0 radical (unpaired) electrons. The molecule has 0 saturated carbocycles. The molecule has 8 heteroatoms. The number of ketones is 1. The van der Waals surface area contributed by atoms with Crippen LogP contribution in [0.2, 0.25) is 0 Å². The van der Waals surface area contributed by atoms with Crippen LogP contribution in [0.4, 0.5) is 13.2 Å². The molecular formula is C18H15F3N2O3. The smallest absolute Gasteiger partial charge is 0.416 e. The van der Waals surface area contributed by atoms with Gasteiger partial charge >= 0.3 is 6.18 Å². The lowest BCUT2D eigenvalue weighted by Crippen LogP contribution is -2.21. The number of halogens is 3. The van der Waals surface area contributed by atoms with Crippen LogP contribution in [-0.4, -0.2) is 27.0 Å². The maximum Gasteiger partial charge on any atom is 0.416 e. The predicted molar refractivity (Wildman–Crippen MR) is 87.5 cm³/mol. The molecule has 136 valence electrons. The first-order chi connectivity index (χ1) is 12.3. The fraction of sp³-hybridized carbons (Fsp3) is 0.278. The van der Waals surface area contributed by atoms with E-state index in [1.54, 1.807) is 0 Å². The molecule has 5 nitrogen and oxygen atoms in total. The van der Waals surface area contributed by atoms with Crippen LogP contribution in [0.3, 0.4) is 0 Å². The minimum atomic E-state index is -4.49. The molecule has 3 aromatic rings. The van der Waals surface area contributed by atoms with Gasteiger partial charge in [-0.3, -0.25) is 9.78 Å². The van der Waals surface area contributed by atoms with Gasteiger partial charge in [-0.2, -0.15) is 13.2 Å². The average molecular weight is 364 g/mol. The molecule has 0 amide bonds. The van der Waals surface area contributed by atoms with E-state index in [0.29, 0.717) is 6.42 Å². The summed E-state index contributed by atoms with van der Waals surface area (Å²) in [6.07, 6.45) is -2.08. The number of carbonyl (C=O) groups excluding carboxylic acids is 1. The number of carbonyl (C=O) groups is 1. The van der Waals surface area contributed by atoms with Crippen molar-refractivity contribution in [3.63, 3.8) is 0 Å². The molecular weight excluding hydrogens is 349 g/mol. The van der Waals surface area contributed by atoms with Crippen molar-refractivity contribution >= 4 is 16.9 Å². The van der Waals surface area contributed by atoms with E-state index in [4.69, 9.17) is 4.42 Å². The maximum atomic E-state index is 12.8. The Kier molecular flexibility index (Phi) is 4.78. The minimum absolute atomic E-state index is 0.00577. The highest BCUT2D eigenvalue weighted by Gasteiger charge is 2.31. The Morgan fingerprint density at radius 2 is 2.08 bits per heavy atom. The number of fused-ring (bicyclic) bond motifs is 1. The topological polar surface area (TPSA) is 76.2 Å². The molecule has 1 N–H and O–H groups in total. The number of aromatic nitrogens is 2. The van der Waals surface area contributed by atoms with E-state index in [-0.39, 0.29) is 34.5 Å². The van der Waals surface area contributed by atoms with Crippen molar-refractivity contribution in [3.05, 3.63) is 47.8 Å². The van der Waals surface area contributed by atoms with Crippen molar-refractivity contribution in [1.82, 2.24) is 9.97 Å². The third-order valence-corrected chi connectivity index (χ3v) is 3.90. The molecule has 0 spiro atoms. The predicted octanol–water partition coefficient (Wildman–Crippen LogP) is 4.25. The largest absolute Gasteiger partial charge is 0.436 e. The van der Waals surface area contributed by atoms with Crippen LogP contribution in [0.5, 0.6) is 0 Å². The lowest BCUT2D eigenvalue weighted by molar-refractivity contribution is -0.137. The summed E-state index contributed by atoms with van der Waals surface area (Å²) in [4.78, 5) is 20.4. The van der Waals surface area contributed by atoms with Gasteiger partial charge in [-0.25, -0.2) is 4.98 Å². The summed E-state index contributed by atoms with van der Waals surface area (Å²) in [6, 6.07) is 4.45. The van der Waals surface area contributed by atoms with E-state index in [9.17, 15) is 23.1 Å². The summed E-state index contributed by atoms with van der Waals surface area (Å²) in [5.41, 5.74) is -0.272. The maximum absolute atomic E-state index is 12.8. The lowest BCUT2D eigenvalue weighted by Gasteiger charge is -2.10. The Morgan fingerprint density at radius 3 is 2.77 bits per heavy atom. The molecule has 26 heavy (non-hydrogen) atoms. The number of oxazole rings is 1. The van der Waals surface area contributed by atoms with Gasteiger partial charge in [0.2, 0.25) is 5.89 Å². The summed E-state index contributed by atoms with van der Waals surface area (Å²) in [5, 5.41) is 9.95. The van der Waals surface area contributed by atoms with Crippen LogP contribution in [0.1, 0.15) is 35.7 Å². The number of alkyl halides is 3. The highest BCUT2D eigenvalue weighted by Crippen LogP contribution is 2.33. The number of pyridine rings is 1. The monoisotopic (exact) mass is 364 g/mol. The third-order valence-electron chi connectivity index (χ3n) is 3.90. The van der Waals surface area contributed by atoms with Gasteiger partial charge in [-0.05, 0) is 30.7 Å². The second-order valence-electron chi connectivity index (χ2n) is 5.79. The normalized spacial score (nSPS) is 13.1. The summed E-state index contributed by atoms with van der Waals surface area (Å²) < 4.78 is 44.0. The summed E-state index contributed by atoms with van der Waals surface area (Å²) in [7, 11) is 0.